The van der Waals surface area contributed by atoms with Gasteiger partial charge in [0, 0.05) is 6.42 Å². The van der Waals surface area contributed by atoms with Crippen molar-refractivity contribution in [3.8, 4) is 0 Å². The maximum Gasteiger partial charge on any atom is 0.220 e. The van der Waals surface area contributed by atoms with Crippen LogP contribution in [-0.2, 0) is 33.2 Å². The van der Waals surface area contributed by atoms with Gasteiger partial charge in [0.15, 0.2) is 18.9 Å². The van der Waals surface area contributed by atoms with Crippen molar-refractivity contribution in [1.82, 2.24) is 5.32 Å². The molecule has 3 heterocycles. The van der Waals surface area contributed by atoms with Crippen LogP contribution in [0.1, 0.15) is 393 Å². The van der Waals surface area contributed by atoms with Gasteiger partial charge in [-0.15, -0.1) is 0 Å². The van der Waals surface area contributed by atoms with Gasteiger partial charge in [0.2, 0.25) is 5.91 Å². The fourth-order valence-corrected chi connectivity index (χ4v) is 15.4. The summed E-state index contributed by atoms with van der Waals surface area (Å²) < 4.78 is 34.5. The third kappa shape index (κ3) is 46.4. The zero-order valence-corrected chi connectivity index (χ0v) is 67.4. The van der Waals surface area contributed by atoms with Crippen molar-refractivity contribution in [2.24, 2.45) is 0 Å². The van der Waals surface area contributed by atoms with Gasteiger partial charge in [-0.25, -0.2) is 0 Å². The lowest BCUT2D eigenvalue weighted by molar-refractivity contribution is -0.379. The molecule has 17 atom stereocenters. The molecule has 0 radical (unpaired) electrons. The summed E-state index contributed by atoms with van der Waals surface area (Å²) in [6.07, 6.45) is 57.7. The van der Waals surface area contributed by atoms with E-state index in [0.717, 1.165) is 38.5 Å². The van der Waals surface area contributed by atoms with Gasteiger partial charge in [-0.2, -0.15) is 0 Å². The number of carbonyl (C=O) groups excluding carboxylic acids is 1. The molecule has 19 heteroatoms. The highest BCUT2D eigenvalue weighted by Crippen LogP contribution is 2.34. The Labute approximate surface area is 645 Å². The Bertz CT molecular complexity index is 2000. The number of amides is 1. The molecule has 0 bridgehead atoms. The zero-order valence-electron chi connectivity index (χ0n) is 67.4. The van der Waals surface area contributed by atoms with Crippen molar-refractivity contribution < 1.29 is 89.4 Å². The van der Waals surface area contributed by atoms with Crippen LogP contribution in [0.4, 0.5) is 0 Å². The van der Waals surface area contributed by atoms with Crippen molar-refractivity contribution in [3.63, 3.8) is 0 Å². The lowest BCUT2D eigenvalue weighted by Crippen LogP contribution is -2.66. The van der Waals surface area contributed by atoms with E-state index < -0.39 is 124 Å². The number of rotatable bonds is 73. The van der Waals surface area contributed by atoms with Crippen LogP contribution in [-0.4, -0.2) is 193 Å². The normalized spacial score (nSPS) is 25.7. The molecule has 12 N–H and O–H groups in total. The Balaban J connectivity index is 1.33. The molecular weight excluding hydrogens is 1350 g/mol. The summed E-state index contributed by atoms with van der Waals surface area (Å²) >= 11 is 0. The average Bonchev–Trinajstić information content (AvgIpc) is 0.781. The Hall–Kier alpha value is -1.73. The molecule has 1 amide bonds. The summed E-state index contributed by atoms with van der Waals surface area (Å²) in [6.45, 7) is 1.79. The smallest absolute Gasteiger partial charge is 0.220 e. The number of aliphatic hydroxyl groups is 11. The summed E-state index contributed by atoms with van der Waals surface area (Å²) in [5, 5.41) is 121. The second-order valence-electron chi connectivity index (χ2n) is 32.1. The number of aliphatic hydroxyl groups excluding tert-OH is 11. The van der Waals surface area contributed by atoms with Crippen LogP contribution in [0.3, 0.4) is 0 Å². The lowest BCUT2D eigenvalue weighted by Gasteiger charge is -2.48. The van der Waals surface area contributed by atoms with E-state index in [4.69, 9.17) is 28.4 Å². The topological polar surface area (TPSA) is 307 Å². The lowest BCUT2D eigenvalue weighted by atomic mass is 9.96. The molecule has 626 valence electrons. The fraction of sp³-hybridized carbons (Fsp3) is 0.943. The Morgan fingerprint density at radius 2 is 0.604 bits per heavy atom. The first kappa shape index (κ1) is 98.5. The molecule has 0 aromatic heterocycles. The third-order valence-electron chi connectivity index (χ3n) is 22.5. The van der Waals surface area contributed by atoms with Gasteiger partial charge in [-0.05, 0) is 32.1 Å². The Kier molecular flexibility index (Phi) is 62.9. The minimum atomic E-state index is -1.98. The molecule has 19 nitrogen and oxygen atoms in total. The standard InChI is InChI=1S/C87H165NO18/c1-3-5-7-9-11-13-15-17-19-21-23-25-27-29-31-32-33-34-35-36-37-38-39-41-43-45-47-49-51-53-55-57-59-61-63-65-75(93)88-70(71(92)64-62-60-58-56-54-52-50-48-46-44-42-40-30-28-26-24-22-20-18-16-14-12-10-8-6-4-2)69-101-85-81(99)78(96)83(73(67-90)103-85)106-87-82(100)79(97)84(74(68-91)104-87)105-86-80(98)77(95)76(94)72(66-89)102-86/h54,56,62,64,70-74,76-87,89-92,94-100H,3-53,55,57-61,63,65-69H2,1-2H3,(H,88,93)/b56-54+,64-62+. The van der Waals surface area contributed by atoms with Crippen LogP contribution in [0.2, 0.25) is 0 Å². The van der Waals surface area contributed by atoms with E-state index in [-0.39, 0.29) is 18.9 Å². The number of hydrogen-bond acceptors (Lipinski definition) is 18. The molecule has 3 fully saturated rings. The summed E-state index contributed by atoms with van der Waals surface area (Å²) in [4.78, 5) is 13.5. The minimum Gasteiger partial charge on any atom is -0.394 e. The van der Waals surface area contributed by atoms with E-state index in [0.29, 0.717) is 12.8 Å². The van der Waals surface area contributed by atoms with Gasteiger partial charge < -0.3 is 89.9 Å². The maximum absolute atomic E-state index is 13.5. The number of nitrogens with one attached hydrogen (secondary N) is 1. The molecule has 3 aliphatic rings. The minimum absolute atomic E-state index is 0.241. The highest BCUT2D eigenvalue weighted by Gasteiger charge is 2.54. The van der Waals surface area contributed by atoms with Crippen molar-refractivity contribution in [2.45, 2.75) is 497 Å². The fourth-order valence-electron chi connectivity index (χ4n) is 15.4. The Morgan fingerprint density at radius 1 is 0.330 bits per heavy atom. The van der Waals surface area contributed by atoms with Crippen LogP contribution < -0.4 is 5.32 Å². The SMILES string of the molecule is CCCCCCCCCCCCCCCCCCCCCC/C=C/CC/C=C/C(O)C(COC1OC(CO)C(OC2OC(CO)C(OC3OC(CO)C(O)C(O)C3O)C(O)C2O)C(O)C1O)NC(=O)CCCCCCCCCCCCCCCCCCCCCCCCCCCCCCCCCCCCC. The highest BCUT2D eigenvalue weighted by molar-refractivity contribution is 5.76. The van der Waals surface area contributed by atoms with Crippen molar-refractivity contribution in [3.05, 3.63) is 24.3 Å². The average molecular weight is 1510 g/mol. The first-order chi connectivity index (χ1) is 51.8. The van der Waals surface area contributed by atoms with Crippen molar-refractivity contribution in [2.75, 3.05) is 26.4 Å². The van der Waals surface area contributed by atoms with Gasteiger partial charge in [-0.3, -0.25) is 4.79 Å². The molecule has 3 rings (SSSR count). The van der Waals surface area contributed by atoms with Crippen LogP contribution in [0.25, 0.3) is 0 Å². The summed E-state index contributed by atoms with van der Waals surface area (Å²) in [5.41, 5.74) is 0. The van der Waals surface area contributed by atoms with E-state index in [1.165, 1.54) is 321 Å². The predicted octanol–water partition coefficient (Wildman–Crippen LogP) is 16.5. The van der Waals surface area contributed by atoms with Crippen LogP contribution in [0.15, 0.2) is 24.3 Å². The predicted molar refractivity (Wildman–Crippen MR) is 425 cm³/mol. The highest BCUT2D eigenvalue weighted by atomic mass is 16.8. The van der Waals surface area contributed by atoms with Crippen LogP contribution >= 0.6 is 0 Å². The molecule has 106 heavy (non-hydrogen) atoms. The van der Waals surface area contributed by atoms with E-state index >= 15 is 0 Å². The monoisotopic (exact) mass is 1510 g/mol. The molecule has 17 unspecified atom stereocenters. The first-order valence-electron chi connectivity index (χ1n) is 44.6. The number of unbranched alkanes of at least 4 members (excludes halogenated alkanes) is 55. The van der Waals surface area contributed by atoms with E-state index in [1.54, 1.807) is 6.08 Å². The number of hydrogen-bond donors (Lipinski definition) is 12. The molecule has 0 aromatic carbocycles. The van der Waals surface area contributed by atoms with Gasteiger partial charge >= 0.3 is 0 Å². The molecule has 0 aromatic rings. The summed E-state index contributed by atoms with van der Waals surface area (Å²) in [7, 11) is 0. The molecule has 0 spiro atoms. The van der Waals surface area contributed by atoms with Gasteiger partial charge in [0.05, 0.1) is 38.6 Å². The molecule has 3 saturated heterocycles. The molecular formula is C87H165NO18. The molecule has 3 aliphatic heterocycles. The second-order valence-corrected chi connectivity index (χ2v) is 32.1. The quantitative estimate of drug-likeness (QED) is 0.0199. The maximum atomic E-state index is 13.5. The third-order valence-corrected chi connectivity index (χ3v) is 22.5. The van der Waals surface area contributed by atoms with Crippen LogP contribution in [0, 0.1) is 0 Å². The summed E-state index contributed by atoms with van der Waals surface area (Å²) in [5.74, 6) is -0.276. The Morgan fingerprint density at radius 3 is 0.943 bits per heavy atom. The largest absolute Gasteiger partial charge is 0.394 e. The van der Waals surface area contributed by atoms with E-state index in [2.05, 4.69) is 31.3 Å². The van der Waals surface area contributed by atoms with E-state index in [9.17, 15) is 61.0 Å². The number of carbonyl (C=O) groups is 1. The van der Waals surface area contributed by atoms with Crippen molar-refractivity contribution >= 4 is 5.91 Å². The molecule has 0 saturated carbocycles. The van der Waals surface area contributed by atoms with Crippen molar-refractivity contribution in [1.29, 1.82) is 0 Å². The van der Waals surface area contributed by atoms with E-state index in [1.807, 2.05) is 6.08 Å². The first-order valence-corrected chi connectivity index (χ1v) is 44.6. The second kappa shape index (κ2) is 67.7. The van der Waals surface area contributed by atoms with Gasteiger partial charge in [-0.1, -0.05) is 378 Å². The van der Waals surface area contributed by atoms with Crippen LogP contribution in [0.5, 0.6) is 0 Å². The zero-order chi connectivity index (χ0) is 76.7. The number of allylic oxidation sites excluding steroid dienone is 3. The van der Waals surface area contributed by atoms with Gasteiger partial charge in [0.25, 0.3) is 0 Å². The number of ether oxygens (including phenoxy) is 6. The van der Waals surface area contributed by atoms with Gasteiger partial charge in [0.1, 0.15) is 73.2 Å². The summed E-state index contributed by atoms with van der Waals surface area (Å²) in [6, 6.07) is -0.989. The molecule has 0 aliphatic carbocycles.